The van der Waals surface area contributed by atoms with Crippen molar-refractivity contribution in [2.45, 2.75) is 6.92 Å². The second kappa shape index (κ2) is 4.82. The summed E-state index contributed by atoms with van der Waals surface area (Å²) in [4.78, 5) is 30.2. The molecule has 0 aliphatic carbocycles. The Balaban J connectivity index is 0.000000165. The van der Waals surface area contributed by atoms with E-state index >= 15 is 0 Å². The largest absolute Gasteiger partial charge is 0.476 e. The van der Waals surface area contributed by atoms with Crippen LogP contribution in [0.3, 0.4) is 0 Å². The van der Waals surface area contributed by atoms with Crippen LogP contribution in [-0.2, 0) is 14.4 Å². The Kier molecular flexibility index (Phi) is 3.49. The van der Waals surface area contributed by atoms with Gasteiger partial charge in [0.1, 0.15) is 0 Å². The lowest BCUT2D eigenvalue weighted by Gasteiger charge is -1.79. The number of allylic oxidation sites excluding steroid dienone is 1. The highest BCUT2D eigenvalue weighted by Crippen LogP contribution is 2.05. The van der Waals surface area contributed by atoms with Crippen molar-refractivity contribution in [3.05, 3.63) is 23.5 Å². The normalized spacial score (nSPS) is 16.8. The number of carboxylic acid groups (broad SMARTS) is 1. The number of azo groups is 2. The summed E-state index contributed by atoms with van der Waals surface area (Å²) in [6.07, 6.45) is 2.25. The zero-order valence-electron chi connectivity index (χ0n) is 8.12. The van der Waals surface area contributed by atoms with Crippen molar-refractivity contribution in [2.75, 3.05) is 0 Å². The average molecular weight is 222 g/mol. The molecule has 0 saturated heterocycles. The molecule has 0 aromatic heterocycles. The van der Waals surface area contributed by atoms with Gasteiger partial charge in [0.2, 0.25) is 0 Å². The fourth-order valence-corrected chi connectivity index (χ4v) is 0.747. The Morgan fingerprint density at radius 3 is 1.81 bits per heavy atom. The van der Waals surface area contributed by atoms with Crippen molar-refractivity contribution in [3.8, 4) is 0 Å². The molecule has 2 rings (SSSR count). The lowest BCUT2D eigenvalue weighted by Crippen LogP contribution is -1.95. The van der Waals surface area contributed by atoms with Crippen LogP contribution in [0.2, 0.25) is 0 Å². The van der Waals surface area contributed by atoms with Crippen molar-refractivity contribution in [3.63, 3.8) is 0 Å². The first-order valence-corrected chi connectivity index (χ1v) is 4.04. The summed E-state index contributed by atoms with van der Waals surface area (Å²) in [5.74, 6) is -2.10. The zero-order valence-corrected chi connectivity index (χ0v) is 8.12. The third-order valence-corrected chi connectivity index (χ3v) is 1.37. The monoisotopic (exact) mass is 222 g/mol. The van der Waals surface area contributed by atoms with E-state index < -0.39 is 11.9 Å². The van der Waals surface area contributed by atoms with Gasteiger partial charge in [-0.2, -0.15) is 5.11 Å². The van der Waals surface area contributed by atoms with Crippen LogP contribution in [0.25, 0.3) is 0 Å². The maximum atomic E-state index is 10.2. The summed E-state index contributed by atoms with van der Waals surface area (Å²) in [5, 5.41) is 20.8. The van der Waals surface area contributed by atoms with E-state index in [0.717, 1.165) is 6.08 Å². The van der Waals surface area contributed by atoms with E-state index in [1.807, 2.05) is 0 Å². The van der Waals surface area contributed by atoms with Gasteiger partial charge in [0, 0.05) is 12.2 Å². The summed E-state index contributed by atoms with van der Waals surface area (Å²) >= 11 is 0. The van der Waals surface area contributed by atoms with Crippen LogP contribution in [0.15, 0.2) is 44.0 Å². The van der Waals surface area contributed by atoms with E-state index in [-0.39, 0.29) is 11.6 Å². The van der Waals surface area contributed by atoms with Crippen LogP contribution < -0.4 is 0 Å². The first-order valence-electron chi connectivity index (χ1n) is 4.04. The van der Waals surface area contributed by atoms with Crippen LogP contribution >= 0.6 is 0 Å². The molecule has 16 heavy (non-hydrogen) atoms. The van der Waals surface area contributed by atoms with E-state index in [0.29, 0.717) is 5.70 Å². The molecule has 0 aromatic rings. The predicted molar refractivity (Wildman–Crippen MR) is 49.2 cm³/mol. The van der Waals surface area contributed by atoms with Gasteiger partial charge in [0.05, 0.1) is 5.70 Å². The van der Waals surface area contributed by atoms with Gasteiger partial charge in [0.15, 0.2) is 5.70 Å². The molecule has 0 saturated carbocycles. The number of aliphatic carboxylic acids is 1. The predicted octanol–water partition coefficient (Wildman–Crippen LogP) is 0.830. The molecule has 0 spiro atoms. The molecule has 0 bridgehead atoms. The van der Waals surface area contributed by atoms with E-state index in [1.54, 1.807) is 6.92 Å². The number of rotatable bonds is 1. The highest BCUT2D eigenvalue weighted by molar-refractivity contribution is 6.00. The molecule has 2 aliphatic rings. The Morgan fingerprint density at radius 2 is 1.62 bits per heavy atom. The maximum Gasteiger partial charge on any atom is 0.356 e. The first kappa shape index (κ1) is 11.6. The SMILES string of the molecule is CC1=CC(=O)N=N1.O=C1C=C(C(=O)O)N=N1. The highest BCUT2D eigenvalue weighted by atomic mass is 16.4. The van der Waals surface area contributed by atoms with E-state index in [2.05, 4.69) is 20.5 Å². The average Bonchev–Trinajstić information content (AvgIpc) is 2.76. The molecule has 2 aliphatic heterocycles. The second-order valence-electron chi connectivity index (χ2n) is 2.70. The number of hydrogen-bond donors (Lipinski definition) is 1. The minimum Gasteiger partial charge on any atom is -0.476 e. The van der Waals surface area contributed by atoms with E-state index in [1.165, 1.54) is 6.08 Å². The number of nitrogens with zero attached hydrogens (tertiary/aromatic N) is 4. The molecule has 82 valence electrons. The maximum absolute atomic E-state index is 10.2. The summed E-state index contributed by atoms with van der Waals surface area (Å²) in [7, 11) is 0. The lowest BCUT2D eigenvalue weighted by molar-refractivity contribution is -0.132. The second-order valence-corrected chi connectivity index (χ2v) is 2.70. The molecule has 8 nitrogen and oxygen atoms in total. The Bertz CT molecular complexity index is 472. The molecular weight excluding hydrogens is 216 g/mol. The molecule has 0 radical (unpaired) electrons. The van der Waals surface area contributed by atoms with Crippen molar-refractivity contribution in [2.24, 2.45) is 20.5 Å². The summed E-state index contributed by atoms with van der Waals surface area (Å²) in [5.41, 5.74) is 0.380. The lowest BCUT2D eigenvalue weighted by atomic mass is 10.4. The molecule has 0 aromatic carbocycles. The number of hydrogen-bond acceptors (Lipinski definition) is 5. The van der Waals surface area contributed by atoms with Crippen LogP contribution in [0, 0.1) is 0 Å². The van der Waals surface area contributed by atoms with Gasteiger partial charge >= 0.3 is 5.97 Å². The van der Waals surface area contributed by atoms with Crippen molar-refractivity contribution >= 4 is 17.8 Å². The van der Waals surface area contributed by atoms with Gasteiger partial charge in [-0.15, -0.1) is 15.3 Å². The Hall–Kier alpha value is -2.51. The number of amides is 2. The standard InChI is InChI=1S/C4H2N2O3.C4H4N2O/c7-3-1-2(4(8)9)5-6-3;1-3-2-4(7)6-5-3/h1H,(H,8,9);2H,1H3. The van der Waals surface area contributed by atoms with Crippen molar-refractivity contribution in [1.82, 2.24) is 0 Å². The fourth-order valence-electron chi connectivity index (χ4n) is 0.747. The third-order valence-electron chi connectivity index (χ3n) is 1.37. The molecule has 2 amide bonds. The minimum absolute atomic E-state index is 0.252. The summed E-state index contributed by atoms with van der Waals surface area (Å²) < 4.78 is 0. The van der Waals surface area contributed by atoms with Crippen LogP contribution in [-0.4, -0.2) is 22.9 Å². The number of carboxylic acids is 1. The molecule has 0 fully saturated rings. The fraction of sp³-hybridized carbons (Fsp3) is 0.125. The molecule has 8 heteroatoms. The smallest absolute Gasteiger partial charge is 0.356 e. The quantitative estimate of drug-likeness (QED) is 0.705. The van der Waals surface area contributed by atoms with Gasteiger partial charge < -0.3 is 5.11 Å². The van der Waals surface area contributed by atoms with Gasteiger partial charge in [-0.1, -0.05) is 0 Å². The topological polar surface area (TPSA) is 121 Å². The van der Waals surface area contributed by atoms with Crippen molar-refractivity contribution in [1.29, 1.82) is 0 Å². The Labute approximate surface area is 89.1 Å². The van der Waals surface area contributed by atoms with Gasteiger partial charge in [-0.05, 0) is 6.92 Å². The molecule has 2 heterocycles. The van der Waals surface area contributed by atoms with Crippen LogP contribution in [0.5, 0.6) is 0 Å². The van der Waals surface area contributed by atoms with Crippen LogP contribution in [0.1, 0.15) is 6.92 Å². The molecule has 1 N–H and O–H groups in total. The van der Waals surface area contributed by atoms with E-state index in [4.69, 9.17) is 5.11 Å². The summed E-state index contributed by atoms with van der Waals surface area (Å²) in [6, 6.07) is 0. The Morgan fingerprint density at radius 1 is 1.06 bits per heavy atom. The van der Waals surface area contributed by atoms with Gasteiger partial charge in [-0.25, -0.2) is 4.79 Å². The van der Waals surface area contributed by atoms with Crippen molar-refractivity contribution < 1.29 is 19.5 Å². The molecule has 0 unspecified atom stereocenters. The van der Waals surface area contributed by atoms with Gasteiger partial charge in [0.25, 0.3) is 11.8 Å². The summed E-state index contributed by atoms with van der Waals surface area (Å²) in [6.45, 7) is 1.73. The highest BCUT2D eigenvalue weighted by Gasteiger charge is 2.13. The minimum atomic E-state index is -1.23. The number of carbonyl (C=O) groups excluding carboxylic acids is 2. The number of carbonyl (C=O) groups is 3. The zero-order chi connectivity index (χ0) is 12.1. The van der Waals surface area contributed by atoms with E-state index in [9.17, 15) is 14.4 Å². The van der Waals surface area contributed by atoms with Gasteiger partial charge in [-0.3, -0.25) is 9.59 Å². The molecule has 0 atom stereocenters. The molecular formula is C8H6N4O4. The van der Waals surface area contributed by atoms with Crippen LogP contribution in [0.4, 0.5) is 0 Å². The first-order chi connectivity index (χ1) is 7.49. The third kappa shape index (κ3) is 3.33.